The van der Waals surface area contributed by atoms with Crippen LogP contribution in [0.3, 0.4) is 0 Å². The van der Waals surface area contributed by atoms with Gasteiger partial charge in [-0.3, -0.25) is 4.79 Å². The number of nitrogens with zero attached hydrogens (tertiary/aromatic N) is 1. The molecule has 0 bridgehead atoms. The molecule has 2 N–H and O–H groups in total. The average Bonchev–Trinajstić information content (AvgIpc) is 2.74. The van der Waals surface area contributed by atoms with Gasteiger partial charge in [0.05, 0.1) is 3.57 Å². The molecule has 0 unspecified atom stereocenters. The fraction of sp³-hybridized carbons (Fsp3) is 0.0435. The zero-order valence-electron chi connectivity index (χ0n) is 15.6. The van der Waals surface area contributed by atoms with Gasteiger partial charge in [0.1, 0.15) is 29.7 Å². The summed E-state index contributed by atoms with van der Waals surface area (Å²) in [5.41, 5.74) is 2.03. The van der Waals surface area contributed by atoms with Crippen LogP contribution in [0.2, 0.25) is 5.02 Å². The highest BCUT2D eigenvalue weighted by Crippen LogP contribution is 2.26. The SMILES string of the molecule is N#C/C(=C\c1ccc(OCc2ccccc2Cl)c(I)c1)C(=O)Nc1ccc(O)cc1. The van der Waals surface area contributed by atoms with Crippen LogP contribution in [-0.4, -0.2) is 11.0 Å². The molecule has 5 nitrogen and oxygen atoms in total. The van der Waals surface area contributed by atoms with Crippen molar-refractivity contribution in [1.82, 2.24) is 0 Å². The van der Waals surface area contributed by atoms with Crippen LogP contribution in [0.1, 0.15) is 11.1 Å². The Balaban J connectivity index is 1.71. The molecular weight excluding hydrogens is 515 g/mol. The highest BCUT2D eigenvalue weighted by molar-refractivity contribution is 14.1. The van der Waals surface area contributed by atoms with Crippen molar-refractivity contribution in [3.05, 3.63) is 92.0 Å². The molecule has 0 atom stereocenters. The summed E-state index contributed by atoms with van der Waals surface area (Å²) in [5, 5.41) is 22.0. The van der Waals surface area contributed by atoms with E-state index in [4.69, 9.17) is 16.3 Å². The first-order chi connectivity index (χ1) is 14.5. The summed E-state index contributed by atoms with van der Waals surface area (Å²) in [7, 11) is 0. The van der Waals surface area contributed by atoms with Crippen molar-refractivity contribution >= 4 is 51.9 Å². The van der Waals surface area contributed by atoms with Gasteiger partial charge in [0, 0.05) is 16.3 Å². The summed E-state index contributed by atoms with van der Waals surface area (Å²) in [4.78, 5) is 12.4. The van der Waals surface area contributed by atoms with Crippen LogP contribution in [0.5, 0.6) is 11.5 Å². The van der Waals surface area contributed by atoms with Crippen molar-refractivity contribution < 1.29 is 14.6 Å². The van der Waals surface area contributed by atoms with Crippen LogP contribution >= 0.6 is 34.2 Å². The van der Waals surface area contributed by atoms with Crippen LogP contribution in [0.25, 0.3) is 6.08 Å². The average molecular weight is 531 g/mol. The van der Waals surface area contributed by atoms with Gasteiger partial charge in [-0.15, -0.1) is 0 Å². The maximum Gasteiger partial charge on any atom is 0.266 e. The molecule has 3 aromatic carbocycles. The number of ether oxygens (including phenoxy) is 1. The fourth-order valence-electron chi connectivity index (χ4n) is 2.55. The lowest BCUT2D eigenvalue weighted by atomic mass is 10.1. The zero-order chi connectivity index (χ0) is 21.5. The number of benzene rings is 3. The topological polar surface area (TPSA) is 82.3 Å². The van der Waals surface area contributed by atoms with E-state index in [2.05, 4.69) is 27.9 Å². The molecule has 0 aliphatic heterocycles. The van der Waals surface area contributed by atoms with Crippen molar-refractivity contribution in [2.45, 2.75) is 6.61 Å². The van der Waals surface area contributed by atoms with Crippen LogP contribution in [-0.2, 0) is 11.4 Å². The lowest BCUT2D eigenvalue weighted by molar-refractivity contribution is -0.112. The predicted octanol–water partition coefficient (Wildman–Crippen LogP) is 5.77. The number of hydrogen-bond acceptors (Lipinski definition) is 4. The molecule has 3 aromatic rings. The van der Waals surface area contributed by atoms with Gasteiger partial charge in [0.2, 0.25) is 0 Å². The molecule has 1 amide bonds. The Bertz CT molecular complexity index is 1140. The van der Waals surface area contributed by atoms with Gasteiger partial charge in [-0.1, -0.05) is 35.9 Å². The Morgan fingerprint density at radius 1 is 1.17 bits per heavy atom. The van der Waals surface area contributed by atoms with Crippen molar-refractivity contribution in [3.8, 4) is 17.6 Å². The lowest BCUT2D eigenvalue weighted by Crippen LogP contribution is -2.13. The second-order valence-electron chi connectivity index (χ2n) is 6.24. The number of carbonyl (C=O) groups excluding carboxylic acids is 1. The van der Waals surface area contributed by atoms with Crippen LogP contribution in [0, 0.1) is 14.9 Å². The molecule has 0 aliphatic rings. The van der Waals surface area contributed by atoms with E-state index in [0.29, 0.717) is 28.6 Å². The minimum Gasteiger partial charge on any atom is -0.508 e. The Labute approximate surface area is 192 Å². The minimum atomic E-state index is -0.530. The number of nitrogens with one attached hydrogen (secondary N) is 1. The van der Waals surface area contributed by atoms with Gasteiger partial charge < -0.3 is 15.2 Å². The van der Waals surface area contributed by atoms with Gasteiger partial charge >= 0.3 is 0 Å². The van der Waals surface area contributed by atoms with E-state index >= 15 is 0 Å². The maximum atomic E-state index is 12.4. The number of amides is 1. The molecule has 0 aliphatic carbocycles. The first-order valence-corrected chi connectivity index (χ1v) is 10.3. The largest absolute Gasteiger partial charge is 0.508 e. The third-order valence-corrected chi connectivity index (χ3v) is 5.31. The van der Waals surface area contributed by atoms with Crippen molar-refractivity contribution in [1.29, 1.82) is 5.26 Å². The molecule has 0 fully saturated rings. The number of halogens is 2. The summed E-state index contributed by atoms with van der Waals surface area (Å²) in [6.07, 6.45) is 1.51. The molecule has 0 heterocycles. The van der Waals surface area contributed by atoms with Crippen molar-refractivity contribution in [2.24, 2.45) is 0 Å². The number of hydrogen-bond donors (Lipinski definition) is 2. The third-order valence-electron chi connectivity index (χ3n) is 4.10. The van der Waals surface area contributed by atoms with Gasteiger partial charge in [-0.25, -0.2) is 0 Å². The van der Waals surface area contributed by atoms with Crippen molar-refractivity contribution in [2.75, 3.05) is 5.32 Å². The number of anilines is 1. The summed E-state index contributed by atoms with van der Waals surface area (Å²) in [6, 6.07) is 20.8. The van der Waals surface area contributed by atoms with Gasteiger partial charge in [-0.2, -0.15) is 5.26 Å². The van der Waals surface area contributed by atoms with Crippen LogP contribution in [0.15, 0.2) is 72.3 Å². The molecule has 7 heteroatoms. The van der Waals surface area contributed by atoms with E-state index in [1.165, 1.54) is 18.2 Å². The smallest absolute Gasteiger partial charge is 0.266 e. The van der Waals surface area contributed by atoms with Crippen LogP contribution < -0.4 is 10.1 Å². The monoisotopic (exact) mass is 530 g/mol. The van der Waals surface area contributed by atoms with Crippen molar-refractivity contribution in [3.63, 3.8) is 0 Å². The minimum absolute atomic E-state index is 0.0383. The molecule has 3 rings (SSSR count). The number of phenolic OH excluding ortho intramolecular Hbond substituents is 1. The normalized spacial score (nSPS) is 10.9. The summed E-state index contributed by atoms with van der Waals surface area (Å²) in [6.45, 7) is 0.337. The zero-order valence-corrected chi connectivity index (χ0v) is 18.5. The highest BCUT2D eigenvalue weighted by atomic mass is 127. The summed E-state index contributed by atoms with van der Waals surface area (Å²) >= 11 is 8.29. The third kappa shape index (κ3) is 5.75. The summed E-state index contributed by atoms with van der Waals surface area (Å²) < 4.78 is 6.69. The quantitative estimate of drug-likeness (QED) is 0.183. The lowest BCUT2D eigenvalue weighted by Gasteiger charge is -2.10. The van der Waals surface area contributed by atoms with E-state index < -0.39 is 5.91 Å². The standard InChI is InChI=1S/C23H16ClIN2O3/c24-20-4-2-1-3-16(20)14-30-22-10-5-15(12-21(22)25)11-17(13-26)23(29)27-18-6-8-19(28)9-7-18/h1-12,28H,14H2,(H,27,29)/b17-11+. The Kier molecular flexibility index (Phi) is 7.33. The van der Waals surface area contributed by atoms with Gasteiger partial charge in [-0.05, 0) is 76.7 Å². The molecule has 150 valence electrons. The number of phenols is 1. The highest BCUT2D eigenvalue weighted by Gasteiger charge is 2.11. The Morgan fingerprint density at radius 3 is 2.57 bits per heavy atom. The molecule has 0 aromatic heterocycles. The second-order valence-corrected chi connectivity index (χ2v) is 7.81. The molecule has 0 saturated heterocycles. The Morgan fingerprint density at radius 2 is 1.90 bits per heavy atom. The van der Waals surface area contributed by atoms with Gasteiger partial charge in [0.25, 0.3) is 5.91 Å². The van der Waals surface area contributed by atoms with Crippen LogP contribution in [0.4, 0.5) is 5.69 Å². The fourth-order valence-corrected chi connectivity index (χ4v) is 3.44. The maximum absolute atomic E-state index is 12.4. The molecular formula is C23H16ClIN2O3. The van der Waals surface area contributed by atoms with Gasteiger partial charge in [0.15, 0.2) is 0 Å². The Hall–Kier alpha value is -3.02. The molecule has 30 heavy (non-hydrogen) atoms. The predicted molar refractivity (Wildman–Crippen MR) is 125 cm³/mol. The number of carbonyl (C=O) groups is 1. The number of rotatable bonds is 6. The van der Waals surface area contributed by atoms with E-state index in [9.17, 15) is 15.2 Å². The number of aromatic hydroxyl groups is 1. The van der Waals surface area contributed by atoms with E-state index in [1.54, 1.807) is 24.3 Å². The summed E-state index contributed by atoms with van der Waals surface area (Å²) in [5.74, 6) is 0.243. The molecule has 0 saturated carbocycles. The second kappa shape index (κ2) is 10.1. The first kappa shape index (κ1) is 21.7. The number of nitriles is 1. The van der Waals surface area contributed by atoms with E-state index in [1.807, 2.05) is 36.4 Å². The molecule has 0 spiro atoms. The first-order valence-electron chi connectivity index (χ1n) is 8.84. The van der Waals surface area contributed by atoms with E-state index in [0.717, 1.165) is 9.13 Å². The van der Waals surface area contributed by atoms with E-state index in [-0.39, 0.29) is 11.3 Å². The molecule has 0 radical (unpaired) electrons.